The zero-order chi connectivity index (χ0) is 11.5. The number of aryl methyl sites for hydroxylation is 1. The van der Waals surface area contributed by atoms with Gasteiger partial charge in [-0.05, 0) is 33.2 Å². The van der Waals surface area contributed by atoms with E-state index in [1.165, 1.54) is 0 Å². The zero-order valence-electron chi connectivity index (χ0n) is 9.76. The Balaban J connectivity index is 1.98. The molecule has 5 heteroatoms. The average Bonchev–Trinajstić information content (AvgIpc) is 2.62. The summed E-state index contributed by atoms with van der Waals surface area (Å²) in [4.78, 5) is 11.9. The number of rotatable bonds is 2. The Labute approximate surface area is 95.0 Å². The molecule has 0 bridgehead atoms. The van der Waals surface area contributed by atoms with Gasteiger partial charge in [0.25, 0.3) is 0 Å². The van der Waals surface area contributed by atoms with Crippen molar-refractivity contribution < 1.29 is 4.79 Å². The number of H-pyrrole nitrogens is 1. The van der Waals surface area contributed by atoms with Crippen LogP contribution in [0.2, 0.25) is 0 Å². The van der Waals surface area contributed by atoms with E-state index in [1.807, 2.05) is 13.8 Å². The molecule has 1 aromatic rings. The molecule has 0 radical (unpaired) electrons. The van der Waals surface area contributed by atoms with Gasteiger partial charge in [0.05, 0.1) is 6.04 Å². The molecule has 0 saturated carbocycles. The normalized spacial score (nSPS) is 20.8. The second kappa shape index (κ2) is 4.65. The first-order chi connectivity index (χ1) is 7.68. The Kier molecular flexibility index (Phi) is 3.24. The number of aromatic nitrogens is 2. The van der Waals surface area contributed by atoms with Gasteiger partial charge in [0.1, 0.15) is 0 Å². The van der Waals surface area contributed by atoms with Crippen molar-refractivity contribution >= 4 is 11.7 Å². The highest BCUT2D eigenvalue weighted by atomic mass is 16.2. The average molecular weight is 222 g/mol. The molecule has 2 heterocycles. The number of nitrogens with one attached hydrogen (secondary N) is 3. The van der Waals surface area contributed by atoms with Gasteiger partial charge in [-0.15, -0.1) is 0 Å². The molecular weight excluding hydrogens is 204 g/mol. The summed E-state index contributed by atoms with van der Waals surface area (Å²) in [5.74, 6) is 0.671. The standard InChI is InChI=1S/C11H18N4O/c1-7-8(2)14-15-10(7)13-11(16)9-5-3-4-6-12-9/h9,12H,3-6H2,1-2H3,(H2,13,14,15,16)/t9-/m0/s1. The molecule has 5 nitrogen and oxygen atoms in total. The van der Waals surface area contributed by atoms with Gasteiger partial charge in [-0.3, -0.25) is 9.89 Å². The number of aromatic amines is 1. The van der Waals surface area contributed by atoms with E-state index in [2.05, 4.69) is 20.8 Å². The van der Waals surface area contributed by atoms with Crippen molar-refractivity contribution in [2.24, 2.45) is 0 Å². The lowest BCUT2D eigenvalue weighted by molar-refractivity contribution is -0.118. The predicted molar refractivity (Wildman–Crippen MR) is 62.3 cm³/mol. The Morgan fingerprint density at radius 3 is 2.81 bits per heavy atom. The molecule has 88 valence electrons. The summed E-state index contributed by atoms with van der Waals surface area (Å²) in [6.07, 6.45) is 3.18. The van der Waals surface area contributed by atoms with Crippen LogP contribution < -0.4 is 10.6 Å². The third-order valence-electron chi connectivity index (χ3n) is 3.12. The highest BCUT2D eigenvalue weighted by Crippen LogP contribution is 2.15. The lowest BCUT2D eigenvalue weighted by Crippen LogP contribution is -2.43. The lowest BCUT2D eigenvalue weighted by Gasteiger charge is -2.22. The highest BCUT2D eigenvalue weighted by molar-refractivity contribution is 5.94. The molecule has 2 rings (SSSR count). The maximum absolute atomic E-state index is 11.9. The molecule has 1 saturated heterocycles. The fourth-order valence-corrected chi connectivity index (χ4v) is 1.89. The first-order valence-electron chi connectivity index (χ1n) is 5.74. The van der Waals surface area contributed by atoms with E-state index < -0.39 is 0 Å². The van der Waals surface area contributed by atoms with Crippen LogP contribution in [0.15, 0.2) is 0 Å². The minimum Gasteiger partial charge on any atom is -0.308 e. The van der Waals surface area contributed by atoms with Crippen molar-refractivity contribution in [3.05, 3.63) is 11.3 Å². The summed E-state index contributed by atoms with van der Waals surface area (Å²) in [5.41, 5.74) is 2.00. The lowest BCUT2D eigenvalue weighted by atomic mass is 10.0. The van der Waals surface area contributed by atoms with Crippen LogP contribution in [-0.2, 0) is 4.79 Å². The summed E-state index contributed by atoms with van der Waals surface area (Å²) in [6.45, 7) is 4.82. The van der Waals surface area contributed by atoms with Gasteiger partial charge in [0.15, 0.2) is 5.82 Å². The monoisotopic (exact) mass is 222 g/mol. The van der Waals surface area contributed by atoms with Crippen LogP contribution in [0.4, 0.5) is 5.82 Å². The fraction of sp³-hybridized carbons (Fsp3) is 0.636. The number of hydrogen-bond donors (Lipinski definition) is 3. The first kappa shape index (κ1) is 11.1. The molecule has 0 spiro atoms. The number of carbonyl (C=O) groups excluding carboxylic acids is 1. The second-order valence-electron chi connectivity index (χ2n) is 4.31. The number of amides is 1. The van der Waals surface area contributed by atoms with Gasteiger partial charge in [0, 0.05) is 11.3 Å². The number of nitrogens with zero attached hydrogens (tertiary/aromatic N) is 1. The van der Waals surface area contributed by atoms with E-state index in [-0.39, 0.29) is 11.9 Å². The van der Waals surface area contributed by atoms with Crippen molar-refractivity contribution in [1.29, 1.82) is 0 Å². The third kappa shape index (κ3) is 2.24. The molecule has 1 atom stereocenters. The van der Waals surface area contributed by atoms with Crippen LogP contribution in [-0.4, -0.2) is 28.7 Å². The summed E-state index contributed by atoms with van der Waals surface area (Å²) in [5, 5.41) is 13.0. The molecule has 1 aliphatic heterocycles. The van der Waals surface area contributed by atoms with Gasteiger partial charge in [0.2, 0.25) is 5.91 Å². The van der Waals surface area contributed by atoms with Crippen molar-refractivity contribution in [2.45, 2.75) is 39.2 Å². The number of anilines is 1. The van der Waals surface area contributed by atoms with E-state index in [0.29, 0.717) is 5.82 Å². The largest absolute Gasteiger partial charge is 0.308 e. The smallest absolute Gasteiger partial charge is 0.242 e. The molecular formula is C11H18N4O. The van der Waals surface area contributed by atoms with Crippen LogP contribution in [0.25, 0.3) is 0 Å². The third-order valence-corrected chi connectivity index (χ3v) is 3.12. The quantitative estimate of drug-likeness (QED) is 0.702. The van der Waals surface area contributed by atoms with E-state index in [0.717, 1.165) is 37.1 Å². The summed E-state index contributed by atoms with van der Waals surface area (Å²) < 4.78 is 0. The molecule has 1 aliphatic rings. The topological polar surface area (TPSA) is 69.8 Å². The van der Waals surface area contributed by atoms with Gasteiger partial charge < -0.3 is 10.6 Å². The predicted octanol–water partition coefficient (Wildman–Crippen LogP) is 1.11. The fourth-order valence-electron chi connectivity index (χ4n) is 1.89. The van der Waals surface area contributed by atoms with E-state index in [1.54, 1.807) is 0 Å². The van der Waals surface area contributed by atoms with Crippen molar-refractivity contribution in [2.75, 3.05) is 11.9 Å². The van der Waals surface area contributed by atoms with Gasteiger partial charge in [-0.2, -0.15) is 5.10 Å². The van der Waals surface area contributed by atoms with Crippen molar-refractivity contribution in [3.63, 3.8) is 0 Å². The Hall–Kier alpha value is -1.36. The minimum atomic E-state index is -0.0647. The molecule has 0 aliphatic carbocycles. The SMILES string of the molecule is Cc1[nH]nc(NC(=O)[C@@H]2CCCCN2)c1C. The van der Waals surface area contributed by atoms with Crippen LogP contribution in [0.3, 0.4) is 0 Å². The van der Waals surface area contributed by atoms with Crippen LogP contribution in [0.1, 0.15) is 30.5 Å². The molecule has 1 aromatic heterocycles. The van der Waals surface area contributed by atoms with Crippen LogP contribution >= 0.6 is 0 Å². The molecule has 1 amide bonds. The summed E-state index contributed by atoms with van der Waals surface area (Å²) in [6, 6.07) is -0.0647. The summed E-state index contributed by atoms with van der Waals surface area (Å²) in [7, 11) is 0. The Morgan fingerprint density at radius 1 is 1.44 bits per heavy atom. The van der Waals surface area contributed by atoms with Gasteiger partial charge in [-0.1, -0.05) is 6.42 Å². The maximum Gasteiger partial charge on any atom is 0.242 e. The molecule has 0 aromatic carbocycles. The Morgan fingerprint density at radius 2 is 2.25 bits per heavy atom. The van der Waals surface area contributed by atoms with Gasteiger partial charge >= 0.3 is 0 Å². The number of piperidine rings is 1. The maximum atomic E-state index is 11.9. The highest BCUT2D eigenvalue weighted by Gasteiger charge is 2.21. The van der Waals surface area contributed by atoms with Crippen molar-refractivity contribution in [1.82, 2.24) is 15.5 Å². The number of hydrogen-bond acceptors (Lipinski definition) is 3. The molecule has 3 N–H and O–H groups in total. The molecule has 0 unspecified atom stereocenters. The zero-order valence-corrected chi connectivity index (χ0v) is 9.76. The van der Waals surface area contributed by atoms with Crippen molar-refractivity contribution in [3.8, 4) is 0 Å². The minimum absolute atomic E-state index is 0.0225. The van der Waals surface area contributed by atoms with Crippen LogP contribution in [0, 0.1) is 13.8 Å². The summed E-state index contributed by atoms with van der Waals surface area (Å²) >= 11 is 0. The Bertz CT molecular complexity index is 379. The van der Waals surface area contributed by atoms with E-state index >= 15 is 0 Å². The van der Waals surface area contributed by atoms with E-state index in [9.17, 15) is 4.79 Å². The van der Waals surface area contributed by atoms with E-state index in [4.69, 9.17) is 0 Å². The molecule has 16 heavy (non-hydrogen) atoms. The molecule has 1 fully saturated rings. The van der Waals surface area contributed by atoms with Gasteiger partial charge in [-0.25, -0.2) is 0 Å². The first-order valence-corrected chi connectivity index (χ1v) is 5.74. The number of carbonyl (C=O) groups is 1. The second-order valence-corrected chi connectivity index (χ2v) is 4.31. The van der Waals surface area contributed by atoms with Crippen LogP contribution in [0.5, 0.6) is 0 Å².